The van der Waals surface area contributed by atoms with Gasteiger partial charge in [0, 0.05) is 12.5 Å². The molecule has 1 saturated carbocycles. The number of halogens is 1. The predicted octanol–water partition coefficient (Wildman–Crippen LogP) is 2.25. The van der Waals surface area contributed by atoms with E-state index in [1.165, 1.54) is 5.69 Å². The van der Waals surface area contributed by atoms with Crippen LogP contribution in [0.5, 0.6) is 0 Å². The molecular formula is C11H18ClN3. The number of aryl methyl sites for hydroxylation is 1. The van der Waals surface area contributed by atoms with E-state index in [0.29, 0.717) is 17.0 Å². The molecule has 1 aromatic rings. The Balaban J connectivity index is 2.35. The van der Waals surface area contributed by atoms with Gasteiger partial charge in [0.05, 0.1) is 12.0 Å². The fourth-order valence-corrected chi connectivity index (χ4v) is 2.92. The summed E-state index contributed by atoms with van der Waals surface area (Å²) in [5, 5.41) is 0.644. The van der Waals surface area contributed by atoms with Crippen LogP contribution >= 0.6 is 11.6 Å². The highest BCUT2D eigenvalue weighted by Gasteiger charge is 2.59. The molecule has 1 aliphatic rings. The molecule has 2 rings (SSSR count). The van der Waals surface area contributed by atoms with Crippen LogP contribution in [0.25, 0.3) is 0 Å². The van der Waals surface area contributed by atoms with E-state index in [1.807, 2.05) is 6.33 Å². The van der Waals surface area contributed by atoms with Crippen LogP contribution in [0.2, 0.25) is 5.15 Å². The predicted molar refractivity (Wildman–Crippen MR) is 62.0 cm³/mol. The molecule has 84 valence electrons. The Bertz CT molecular complexity index is 370. The highest BCUT2D eigenvalue weighted by molar-refractivity contribution is 6.30. The molecule has 0 unspecified atom stereocenters. The van der Waals surface area contributed by atoms with Crippen LogP contribution in [0.15, 0.2) is 6.33 Å². The average molecular weight is 228 g/mol. The molecule has 3 nitrogen and oxygen atoms in total. The monoisotopic (exact) mass is 227 g/mol. The maximum absolute atomic E-state index is 6.14. The Morgan fingerprint density at radius 2 is 2.27 bits per heavy atom. The lowest BCUT2D eigenvalue weighted by Crippen LogP contribution is -2.05. The molecule has 4 heteroatoms. The molecule has 15 heavy (non-hydrogen) atoms. The second-order valence-corrected chi connectivity index (χ2v) is 5.21. The van der Waals surface area contributed by atoms with E-state index in [9.17, 15) is 0 Å². The fourth-order valence-electron chi connectivity index (χ4n) is 2.65. The number of imidazole rings is 1. The Hall–Kier alpha value is -0.540. The molecule has 0 bridgehead atoms. The Kier molecular flexibility index (Phi) is 2.55. The lowest BCUT2D eigenvalue weighted by molar-refractivity contribution is 0.553. The molecule has 0 aliphatic heterocycles. The molecule has 1 aromatic heterocycles. The summed E-state index contributed by atoms with van der Waals surface area (Å²) in [6.45, 7) is 8.24. The highest BCUT2D eigenvalue weighted by atomic mass is 35.5. The minimum atomic E-state index is 0.269. The van der Waals surface area contributed by atoms with Crippen LogP contribution in [0, 0.1) is 11.3 Å². The Morgan fingerprint density at radius 1 is 1.60 bits per heavy atom. The van der Waals surface area contributed by atoms with E-state index in [0.717, 1.165) is 13.1 Å². The molecule has 2 atom stereocenters. The van der Waals surface area contributed by atoms with Crippen molar-refractivity contribution in [2.45, 2.75) is 33.2 Å². The molecule has 1 fully saturated rings. The lowest BCUT2D eigenvalue weighted by atomic mass is 10.1. The second kappa shape index (κ2) is 3.49. The van der Waals surface area contributed by atoms with Gasteiger partial charge in [-0.25, -0.2) is 4.98 Å². The van der Waals surface area contributed by atoms with Gasteiger partial charge in [0.15, 0.2) is 5.15 Å². The number of aromatic nitrogens is 2. The van der Waals surface area contributed by atoms with Gasteiger partial charge in [-0.15, -0.1) is 0 Å². The number of nitrogens with zero attached hydrogens (tertiary/aromatic N) is 2. The van der Waals surface area contributed by atoms with Crippen molar-refractivity contribution in [1.29, 1.82) is 0 Å². The number of hydrogen-bond acceptors (Lipinski definition) is 2. The van der Waals surface area contributed by atoms with Crippen LogP contribution in [-0.4, -0.2) is 16.1 Å². The van der Waals surface area contributed by atoms with E-state index in [4.69, 9.17) is 17.3 Å². The minimum absolute atomic E-state index is 0.269. The number of nitrogens with two attached hydrogens (primary N) is 1. The first-order valence-electron chi connectivity index (χ1n) is 5.44. The summed E-state index contributed by atoms with van der Waals surface area (Å²) in [4.78, 5) is 4.17. The van der Waals surface area contributed by atoms with Crippen molar-refractivity contribution < 1.29 is 0 Å². The van der Waals surface area contributed by atoms with Crippen LogP contribution in [0.3, 0.4) is 0 Å². The third kappa shape index (κ3) is 1.49. The fraction of sp³-hybridized carbons (Fsp3) is 0.727. The summed E-state index contributed by atoms with van der Waals surface area (Å²) < 4.78 is 2.13. The molecule has 0 radical (unpaired) electrons. The smallest absolute Gasteiger partial charge is 0.150 e. The van der Waals surface area contributed by atoms with Crippen molar-refractivity contribution in [2.24, 2.45) is 17.1 Å². The average Bonchev–Trinajstić information content (AvgIpc) is 2.53. The van der Waals surface area contributed by atoms with Gasteiger partial charge in [-0.1, -0.05) is 25.4 Å². The summed E-state index contributed by atoms with van der Waals surface area (Å²) in [6.07, 6.45) is 1.82. The summed E-state index contributed by atoms with van der Waals surface area (Å²) in [6, 6.07) is 0. The van der Waals surface area contributed by atoms with Gasteiger partial charge in [-0.3, -0.25) is 0 Å². The molecular weight excluding hydrogens is 210 g/mol. The van der Waals surface area contributed by atoms with Crippen LogP contribution in [-0.2, 0) is 6.54 Å². The summed E-state index contributed by atoms with van der Waals surface area (Å²) in [5.41, 5.74) is 7.21. The standard InChI is InChI=1S/C11H18ClN3/c1-4-15-6-14-10(12)9(15)8-7(5-13)11(8,2)3/h6-8H,4-5,13H2,1-3H3/t7-,8+/m1/s1. The maximum atomic E-state index is 6.14. The molecule has 0 amide bonds. The SMILES string of the molecule is CCn1cnc(Cl)c1[C@@H]1[C@@H](CN)C1(C)C. The third-order valence-corrected chi connectivity index (χ3v) is 4.06. The quantitative estimate of drug-likeness (QED) is 0.861. The largest absolute Gasteiger partial charge is 0.333 e. The van der Waals surface area contributed by atoms with Crippen molar-refractivity contribution in [2.75, 3.05) is 6.54 Å². The lowest BCUT2D eigenvalue weighted by Gasteiger charge is -2.06. The first-order chi connectivity index (χ1) is 7.04. The van der Waals surface area contributed by atoms with E-state index >= 15 is 0 Å². The Morgan fingerprint density at radius 3 is 2.73 bits per heavy atom. The van der Waals surface area contributed by atoms with Crippen molar-refractivity contribution >= 4 is 11.6 Å². The van der Waals surface area contributed by atoms with Crippen LogP contribution in [0.1, 0.15) is 32.4 Å². The number of hydrogen-bond donors (Lipinski definition) is 1. The minimum Gasteiger partial charge on any atom is -0.333 e. The first kappa shape index (κ1) is 11.0. The molecule has 0 saturated heterocycles. The van der Waals surface area contributed by atoms with Crippen LogP contribution < -0.4 is 5.73 Å². The normalized spacial score (nSPS) is 28.1. The second-order valence-electron chi connectivity index (χ2n) is 4.85. The third-order valence-electron chi connectivity index (χ3n) is 3.77. The zero-order valence-electron chi connectivity index (χ0n) is 9.50. The van der Waals surface area contributed by atoms with Gasteiger partial charge >= 0.3 is 0 Å². The van der Waals surface area contributed by atoms with Gasteiger partial charge in [-0.05, 0) is 24.8 Å². The summed E-state index contributed by atoms with van der Waals surface area (Å²) >= 11 is 6.14. The van der Waals surface area contributed by atoms with Gasteiger partial charge < -0.3 is 10.3 Å². The van der Waals surface area contributed by atoms with Gasteiger partial charge in [0.25, 0.3) is 0 Å². The van der Waals surface area contributed by atoms with Gasteiger partial charge in [-0.2, -0.15) is 0 Å². The van der Waals surface area contributed by atoms with E-state index in [-0.39, 0.29) is 5.41 Å². The van der Waals surface area contributed by atoms with Crippen molar-refractivity contribution in [3.63, 3.8) is 0 Å². The molecule has 0 aromatic carbocycles. The molecule has 0 spiro atoms. The molecule has 2 N–H and O–H groups in total. The van der Waals surface area contributed by atoms with Gasteiger partial charge in [0.1, 0.15) is 0 Å². The zero-order valence-corrected chi connectivity index (χ0v) is 10.3. The van der Waals surface area contributed by atoms with Crippen molar-refractivity contribution in [3.05, 3.63) is 17.2 Å². The first-order valence-corrected chi connectivity index (χ1v) is 5.82. The van der Waals surface area contributed by atoms with Crippen molar-refractivity contribution in [1.82, 2.24) is 9.55 Å². The zero-order chi connectivity index (χ0) is 11.2. The van der Waals surface area contributed by atoms with Crippen molar-refractivity contribution in [3.8, 4) is 0 Å². The van der Waals surface area contributed by atoms with E-state index in [2.05, 4.69) is 30.3 Å². The van der Waals surface area contributed by atoms with E-state index < -0.39 is 0 Å². The topological polar surface area (TPSA) is 43.8 Å². The highest BCUT2D eigenvalue weighted by Crippen LogP contribution is 2.64. The van der Waals surface area contributed by atoms with Gasteiger partial charge in [0.2, 0.25) is 0 Å². The molecule has 1 aliphatic carbocycles. The number of rotatable bonds is 3. The summed E-state index contributed by atoms with van der Waals surface area (Å²) in [7, 11) is 0. The summed E-state index contributed by atoms with van der Waals surface area (Å²) in [5.74, 6) is 1.01. The van der Waals surface area contributed by atoms with Crippen LogP contribution in [0.4, 0.5) is 0 Å². The Labute approximate surface area is 95.6 Å². The molecule has 1 heterocycles. The van der Waals surface area contributed by atoms with E-state index in [1.54, 1.807) is 0 Å². The maximum Gasteiger partial charge on any atom is 0.150 e.